The van der Waals surface area contributed by atoms with Crippen molar-refractivity contribution in [2.45, 2.75) is 0 Å². The summed E-state index contributed by atoms with van der Waals surface area (Å²) < 4.78 is 2.59. The second kappa shape index (κ2) is 3.88. The van der Waals surface area contributed by atoms with Crippen molar-refractivity contribution in [1.29, 1.82) is 0 Å². The molecule has 0 aliphatic rings. The molecule has 2 aromatic heterocycles. The molecule has 72 valence electrons. The summed E-state index contributed by atoms with van der Waals surface area (Å²) in [6, 6.07) is 0. The predicted octanol–water partition coefficient (Wildman–Crippen LogP) is -1.20. The van der Waals surface area contributed by atoms with Crippen molar-refractivity contribution in [3.8, 4) is 0 Å². The Balaban J connectivity index is 0. The van der Waals surface area contributed by atoms with Gasteiger partial charge >= 0.3 is 43.4 Å². The van der Waals surface area contributed by atoms with Crippen LogP contribution in [0, 0.1) is 0 Å². The molecule has 7 heteroatoms. The van der Waals surface area contributed by atoms with E-state index < -0.39 is 5.69 Å². The van der Waals surface area contributed by atoms with Crippen LogP contribution < -0.4 is 11.2 Å². The van der Waals surface area contributed by atoms with Gasteiger partial charge in [0.25, 0.3) is 5.56 Å². The normalized spacial score (nSPS) is 10.1. The van der Waals surface area contributed by atoms with Crippen LogP contribution >= 0.6 is 0 Å². The van der Waals surface area contributed by atoms with Crippen molar-refractivity contribution in [3.63, 3.8) is 0 Å². The summed E-state index contributed by atoms with van der Waals surface area (Å²) >= 11 is 0. The van der Waals surface area contributed by atoms with E-state index in [1.807, 2.05) is 0 Å². The van der Waals surface area contributed by atoms with E-state index in [1.165, 1.54) is 13.4 Å². The second-order valence-corrected chi connectivity index (χ2v) is 2.85. The topological polar surface area (TPSA) is 72.7 Å². The smallest absolute Gasteiger partial charge is 1.00 e. The summed E-state index contributed by atoms with van der Waals surface area (Å²) in [5, 5.41) is 0. The Labute approximate surface area is 112 Å². The third-order valence-corrected chi connectivity index (χ3v) is 1.97. The molecular weight excluding hydrogens is 212 g/mol. The summed E-state index contributed by atoms with van der Waals surface area (Å²) in [6.45, 7) is 0. The van der Waals surface area contributed by atoms with E-state index in [1.54, 1.807) is 11.6 Å². The van der Waals surface area contributed by atoms with Crippen molar-refractivity contribution < 1.29 is 2.85 Å². The average molecular weight is 222 g/mol. The van der Waals surface area contributed by atoms with E-state index in [0.717, 1.165) is 4.57 Å². The van der Waals surface area contributed by atoms with Gasteiger partial charge in [0.2, 0.25) is 0 Å². The van der Waals surface area contributed by atoms with Crippen LogP contribution in [-0.2, 0) is 14.1 Å². The van der Waals surface area contributed by atoms with Gasteiger partial charge in [-0.15, -0.1) is 0 Å². The van der Waals surface area contributed by atoms with E-state index in [-0.39, 0.29) is 46.2 Å². The molecule has 0 bridgehead atoms. The van der Waals surface area contributed by atoms with Crippen molar-refractivity contribution in [2.75, 3.05) is 0 Å². The molecule has 0 saturated carbocycles. The van der Waals surface area contributed by atoms with Crippen molar-refractivity contribution in [1.82, 2.24) is 19.1 Å². The Kier molecular flexibility index (Phi) is 3.18. The van der Waals surface area contributed by atoms with Crippen LogP contribution in [0.4, 0.5) is 0 Å². The number of hydrogen-bond acceptors (Lipinski definition) is 3. The Morgan fingerprint density at radius 3 is 2.71 bits per heavy atom. The van der Waals surface area contributed by atoms with Gasteiger partial charge in [0, 0.05) is 14.1 Å². The number of H-pyrrole nitrogens is 1. The first-order valence-electron chi connectivity index (χ1n) is 3.71. The molecule has 2 heterocycles. The molecule has 14 heavy (non-hydrogen) atoms. The van der Waals surface area contributed by atoms with Crippen LogP contribution in [-0.4, -0.2) is 56.8 Å². The maximum Gasteiger partial charge on any atom is 2.00 e. The van der Waals surface area contributed by atoms with Crippen LogP contribution in [0.2, 0.25) is 0 Å². The molecule has 2 rings (SSSR count). The van der Waals surface area contributed by atoms with E-state index in [2.05, 4.69) is 9.97 Å². The first-order chi connectivity index (χ1) is 6.11. The number of aromatic nitrogens is 4. The molecule has 0 aliphatic heterocycles. The minimum atomic E-state index is -0.448. The monoisotopic (exact) mass is 222 g/mol. The fraction of sp³-hybridized carbons (Fsp3) is 0.286. The molecule has 6 nitrogen and oxygen atoms in total. The first-order valence-corrected chi connectivity index (χ1v) is 3.71. The quantitative estimate of drug-likeness (QED) is 0.569. The second-order valence-electron chi connectivity index (χ2n) is 2.85. The van der Waals surface area contributed by atoms with Crippen molar-refractivity contribution in [2.24, 2.45) is 14.1 Å². The number of aromatic amines is 1. The standard InChI is InChI=1S/C7H8N4O2.Ca.2H/c1-10-3-8-5-4(10)6(12)11(2)7(13)9-5;;;/h3H,1-2H3,(H,9,13);;;/q;+2;2*-1. The van der Waals surface area contributed by atoms with Crippen LogP contribution in [0.5, 0.6) is 0 Å². The van der Waals surface area contributed by atoms with Gasteiger partial charge in [-0.3, -0.25) is 14.3 Å². The molecule has 0 aromatic carbocycles. The average Bonchev–Trinajstić information content (AvgIpc) is 2.43. The third-order valence-electron chi connectivity index (χ3n) is 1.97. The number of hydrogen-bond donors (Lipinski definition) is 1. The van der Waals surface area contributed by atoms with Crippen LogP contribution in [0.1, 0.15) is 2.85 Å². The van der Waals surface area contributed by atoms with E-state index >= 15 is 0 Å². The number of imidazole rings is 1. The molecule has 2 aromatic rings. The van der Waals surface area contributed by atoms with Crippen LogP contribution in [0.3, 0.4) is 0 Å². The molecule has 0 spiro atoms. The first kappa shape index (κ1) is 11.5. The van der Waals surface area contributed by atoms with E-state index in [0.29, 0.717) is 11.2 Å². The minimum Gasteiger partial charge on any atom is -1.00 e. The van der Waals surface area contributed by atoms with Crippen LogP contribution in [0.25, 0.3) is 11.2 Å². The maximum absolute atomic E-state index is 11.5. The molecule has 0 radical (unpaired) electrons. The van der Waals surface area contributed by atoms with E-state index in [4.69, 9.17) is 0 Å². The molecule has 0 atom stereocenters. The van der Waals surface area contributed by atoms with Gasteiger partial charge in [0.1, 0.15) is 0 Å². The fourth-order valence-electron chi connectivity index (χ4n) is 1.21. The molecule has 0 amide bonds. The van der Waals surface area contributed by atoms with Gasteiger partial charge in [-0.1, -0.05) is 0 Å². The predicted molar refractivity (Wildman–Crippen MR) is 54.6 cm³/mol. The van der Waals surface area contributed by atoms with Crippen LogP contribution in [0.15, 0.2) is 15.9 Å². The van der Waals surface area contributed by atoms with Gasteiger partial charge in [-0.25, -0.2) is 9.78 Å². The summed E-state index contributed by atoms with van der Waals surface area (Å²) in [4.78, 5) is 29.0. The zero-order chi connectivity index (χ0) is 9.59. The minimum absolute atomic E-state index is 0. The third kappa shape index (κ3) is 1.53. The van der Waals surface area contributed by atoms with Gasteiger partial charge in [-0.05, 0) is 0 Å². The Morgan fingerprint density at radius 2 is 2.07 bits per heavy atom. The zero-order valence-electron chi connectivity index (χ0n) is 9.94. The van der Waals surface area contributed by atoms with Crippen molar-refractivity contribution in [3.05, 3.63) is 27.2 Å². The largest absolute Gasteiger partial charge is 2.00 e. The van der Waals surface area contributed by atoms with Gasteiger partial charge in [0.05, 0.1) is 6.33 Å². The Morgan fingerprint density at radius 1 is 1.43 bits per heavy atom. The number of nitrogens with one attached hydrogen (secondary N) is 1. The van der Waals surface area contributed by atoms with Gasteiger partial charge in [0.15, 0.2) is 11.2 Å². The van der Waals surface area contributed by atoms with Gasteiger partial charge in [-0.2, -0.15) is 0 Å². The number of fused-ring (bicyclic) bond motifs is 1. The summed E-state index contributed by atoms with van der Waals surface area (Å²) in [5.41, 5.74) is -0.0485. The molecule has 0 fully saturated rings. The molecule has 0 unspecified atom stereocenters. The summed E-state index contributed by atoms with van der Waals surface area (Å²) in [5.74, 6) is 0. The Hall–Kier alpha value is -0.590. The maximum atomic E-state index is 11.5. The summed E-state index contributed by atoms with van der Waals surface area (Å²) in [7, 11) is 3.13. The zero-order valence-corrected chi connectivity index (χ0v) is 10.2. The molecular formula is C7H10CaN4O2. The van der Waals surface area contributed by atoms with Gasteiger partial charge < -0.3 is 7.42 Å². The Bertz CT molecular complexity index is 588. The van der Waals surface area contributed by atoms with E-state index in [9.17, 15) is 9.59 Å². The number of nitrogens with zero attached hydrogens (tertiary/aromatic N) is 3. The SMILES string of the molecule is Cn1c(=O)[nH]c2ncn(C)c2c1=O.[Ca+2].[H-].[H-]. The fourth-order valence-corrected chi connectivity index (χ4v) is 1.21. The summed E-state index contributed by atoms with van der Waals surface area (Å²) in [6.07, 6.45) is 1.49. The molecule has 0 saturated heterocycles. The number of aryl methyl sites for hydroxylation is 1. The number of rotatable bonds is 0. The van der Waals surface area contributed by atoms with Crippen molar-refractivity contribution >= 4 is 48.9 Å². The molecule has 1 N–H and O–H groups in total. The molecule has 0 aliphatic carbocycles.